The quantitative estimate of drug-likeness (QED) is 0.744. The van der Waals surface area contributed by atoms with Gasteiger partial charge >= 0.3 is 0 Å². The second kappa shape index (κ2) is 4.67. The zero-order valence-corrected chi connectivity index (χ0v) is 9.22. The summed E-state index contributed by atoms with van der Waals surface area (Å²) in [6, 6.07) is 17.5. The van der Waals surface area contributed by atoms with Gasteiger partial charge < -0.3 is 5.11 Å². The average molecular weight is 210 g/mol. The van der Waals surface area contributed by atoms with E-state index in [2.05, 4.69) is 18.2 Å². The van der Waals surface area contributed by atoms with E-state index in [1.807, 2.05) is 37.3 Å². The molecule has 0 fully saturated rings. The second-order valence-corrected chi connectivity index (χ2v) is 3.79. The highest BCUT2D eigenvalue weighted by Crippen LogP contribution is 2.20. The molecular formula is C15H14O. The highest BCUT2D eigenvalue weighted by atomic mass is 16.3. The molecule has 0 aliphatic carbocycles. The highest BCUT2D eigenvalue weighted by Gasteiger charge is 1.97. The van der Waals surface area contributed by atoms with Crippen LogP contribution < -0.4 is 0 Å². The number of phenolic OH excluding ortho intramolecular Hbond substituents is 1. The number of allylic oxidation sites excluding steroid dienone is 1. The summed E-state index contributed by atoms with van der Waals surface area (Å²) in [5.41, 5.74) is 3.36. The zero-order chi connectivity index (χ0) is 11.4. The summed E-state index contributed by atoms with van der Waals surface area (Å²) in [4.78, 5) is 0. The number of hydrogen-bond acceptors (Lipinski definition) is 1. The Hall–Kier alpha value is -2.02. The Morgan fingerprint density at radius 2 is 1.75 bits per heavy atom. The fourth-order valence-electron chi connectivity index (χ4n) is 1.63. The molecule has 0 bridgehead atoms. The summed E-state index contributed by atoms with van der Waals surface area (Å²) in [6.07, 6.45) is 2.11. The normalized spacial score (nSPS) is 11.4. The third-order valence-corrected chi connectivity index (χ3v) is 2.48. The van der Waals surface area contributed by atoms with E-state index in [1.54, 1.807) is 12.1 Å². The lowest BCUT2D eigenvalue weighted by Gasteiger charge is -2.02. The minimum atomic E-state index is 0.304. The average Bonchev–Trinajstić information content (AvgIpc) is 2.30. The molecule has 0 saturated carbocycles. The van der Waals surface area contributed by atoms with Gasteiger partial charge in [0, 0.05) is 0 Å². The molecule has 1 heteroatoms. The lowest BCUT2D eigenvalue weighted by molar-refractivity contribution is 0.475. The van der Waals surface area contributed by atoms with Crippen LogP contribution in [0.2, 0.25) is 0 Å². The van der Waals surface area contributed by atoms with Gasteiger partial charge in [-0.1, -0.05) is 48.5 Å². The number of phenols is 1. The Morgan fingerprint density at radius 3 is 2.44 bits per heavy atom. The molecule has 80 valence electrons. The molecule has 2 aromatic rings. The first-order valence-corrected chi connectivity index (χ1v) is 5.28. The molecule has 0 heterocycles. The molecule has 0 spiro atoms. The van der Waals surface area contributed by atoms with Crippen LogP contribution >= 0.6 is 0 Å². The Balaban J connectivity index is 2.32. The highest BCUT2D eigenvalue weighted by molar-refractivity contribution is 5.80. The van der Waals surface area contributed by atoms with Crippen LogP contribution in [0.5, 0.6) is 5.75 Å². The first-order valence-electron chi connectivity index (χ1n) is 5.28. The number of aromatic hydroxyl groups is 1. The van der Waals surface area contributed by atoms with Crippen molar-refractivity contribution in [2.45, 2.75) is 6.92 Å². The molecule has 2 aromatic carbocycles. The van der Waals surface area contributed by atoms with E-state index < -0.39 is 0 Å². The van der Waals surface area contributed by atoms with Crippen LogP contribution in [0.4, 0.5) is 0 Å². The molecule has 0 atom stereocenters. The predicted molar refractivity (Wildman–Crippen MR) is 68.1 cm³/mol. The van der Waals surface area contributed by atoms with E-state index in [9.17, 15) is 5.11 Å². The Bertz CT molecular complexity index is 498. The van der Waals surface area contributed by atoms with Crippen LogP contribution in [0.1, 0.15) is 18.1 Å². The van der Waals surface area contributed by atoms with E-state index in [1.165, 1.54) is 5.56 Å². The predicted octanol–water partition coefficient (Wildman–Crippen LogP) is 3.95. The Morgan fingerprint density at radius 1 is 1.00 bits per heavy atom. The third kappa shape index (κ3) is 2.51. The van der Waals surface area contributed by atoms with Gasteiger partial charge in [-0.15, -0.1) is 0 Å². The molecule has 0 aromatic heterocycles. The summed E-state index contributed by atoms with van der Waals surface area (Å²) in [5.74, 6) is 0.304. The van der Waals surface area contributed by atoms with Gasteiger partial charge in [0.05, 0.1) is 0 Å². The number of rotatable bonds is 2. The van der Waals surface area contributed by atoms with E-state index in [4.69, 9.17) is 0 Å². The van der Waals surface area contributed by atoms with Crippen LogP contribution in [0.3, 0.4) is 0 Å². The molecule has 1 nitrogen and oxygen atoms in total. The summed E-state index contributed by atoms with van der Waals surface area (Å²) in [5, 5.41) is 9.40. The SMILES string of the molecule is C/C(=C\c1ccccc1)c1cccc(O)c1. The monoisotopic (exact) mass is 210 g/mol. The lowest BCUT2D eigenvalue weighted by atomic mass is 10.0. The Kier molecular flexibility index (Phi) is 3.06. The third-order valence-electron chi connectivity index (χ3n) is 2.48. The molecule has 0 aliphatic heterocycles. The van der Waals surface area contributed by atoms with Gasteiger partial charge in [-0.3, -0.25) is 0 Å². The van der Waals surface area contributed by atoms with Crippen LogP contribution in [-0.4, -0.2) is 5.11 Å². The van der Waals surface area contributed by atoms with E-state index in [-0.39, 0.29) is 0 Å². The van der Waals surface area contributed by atoms with Crippen molar-refractivity contribution in [3.63, 3.8) is 0 Å². The molecule has 2 rings (SSSR count). The fourth-order valence-corrected chi connectivity index (χ4v) is 1.63. The van der Waals surface area contributed by atoms with Crippen molar-refractivity contribution < 1.29 is 5.11 Å². The fraction of sp³-hybridized carbons (Fsp3) is 0.0667. The van der Waals surface area contributed by atoms with E-state index in [0.717, 1.165) is 11.1 Å². The van der Waals surface area contributed by atoms with Crippen molar-refractivity contribution in [1.29, 1.82) is 0 Å². The van der Waals surface area contributed by atoms with Crippen LogP contribution in [0.15, 0.2) is 54.6 Å². The number of benzene rings is 2. The van der Waals surface area contributed by atoms with Crippen molar-refractivity contribution in [1.82, 2.24) is 0 Å². The molecule has 0 saturated heterocycles. The van der Waals surface area contributed by atoms with Crippen molar-refractivity contribution >= 4 is 11.6 Å². The summed E-state index contributed by atoms with van der Waals surface area (Å²) in [6.45, 7) is 2.04. The molecular weight excluding hydrogens is 196 g/mol. The maximum atomic E-state index is 9.40. The van der Waals surface area contributed by atoms with Gasteiger partial charge in [-0.25, -0.2) is 0 Å². The summed E-state index contributed by atoms with van der Waals surface area (Å²) >= 11 is 0. The first kappa shape index (κ1) is 10.5. The lowest BCUT2D eigenvalue weighted by Crippen LogP contribution is -1.79. The molecule has 0 unspecified atom stereocenters. The van der Waals surface area contributed by atoms with Gasteiger partial charge in [-0.05, 0) is 35.8 Å². The minimum Gasteiger partial charge on any atom is -0.508 e. The summed E-state index contributed by atoms with van der Waals surface area (Å²) < 4.78 is 0. The van der Waals surface area contributed by atoms with Gasteiger partial charge in [0.25, 0.3) is 0 Å². The number of hydrogen-bond donors (Lipinski definition) is 1. The minimum absolute atomic E-state index is 0.304. The van der Waals surface area contributed by atoms with Crippen molar-refractivity contribution in [3.05, 3.63) is 65.7 Å². The molecule has 16 heavy (non-hydrogen) atoms. The molecule has 0 amide bonds. The van der Waals surface area contributed by atoms with Crippen LogP contribution in [-0.2, 0) is 0 Å². The first-order chi connectivity index (χ1) is 7.75. The molecule has 0 radical (unpaired) electrons. The Labute approximate surface area is 95.7 Å². The maximum Gasteiger partial charge on any atom is 0.116 e. The smallest absolute Gasteiger partial charge is 0.116 e. The van der Waals surface area contributed by atoms with Crippen molar-refractivity contribution in [2.24, 2.45) is 0 Å². The molecule has 1 N–H and O–H groups in total. The van der Waals surface area contributed by atoms with E-state index >= 15 is 0 Å². The van der Waals surface area contributed by atoms with Crippen LogP contribution in [0.25, 0.3) is 11.6 Å². The molecule has 0 aliphatic rings. The van der Waals surface area contributed by atoms with Crippen LogP contribution in [0, 0.1) is 0 Å². The van der Waals surface area contributed by atoms with E-state index in [0.29, 0.717) is 5.75 Å². The largest absolute Gasteiger partial charge is 0.508 e. The van der Waals surface area contributed by atoms with Crippen molar-refractivity contribution in [2.75, 3.05) is 0 Å². The topological polar surface area (TPSA) is 20.2 Å². The van der Waals surface area contributed by atoms with Gasteiger partial charge in [0.15, 0.2) is 0 Å². The second-order valence-electron chi connectivity index (χ2n) is 3.79. The summed E-state index contributed by atoms with van der Waals surface area (Å²) in [7, 11) is 0. The van der Waals surface area contributed by atoms with Gasteiger partial charge in [-0.2, -0.15) is 0 Å². The standard InChI is InChI=1S/C15H14O/c1-12(10-13-6-3-2-4-7-13)14-8-5-9-15(16)11-14/h2-11,16H,1H3/b12-10+. The zero-order valence-electron chi connectivity index (χ0n) is 9.22. The van der Waals surface area contributed by atoms with Gasteiger partial charge in [0.2, 0.25) is 0 Å². The van der Waals surface area contributed by atoms with Gasteiger partial charge in [0.1, 0.15) is 5.75 Å². The van der Waals surface area contributed by atoms with Crippen molar-refractivity contribution in [3.8, 4) is 5.75 Å². The maximum absolute atomic E-state index is 9.40.